The van der Waals surface area contributed by atoms with Gasteiger partial charge in [-0.2, -0.15) is 0 Å². The van der Waals surface area contributed by atoms with E-state index in [1.807, 2.05) is 13.0 Å². The van der Waals surface area contributed by atoms with Crippen LogP contribution in [0.3, 0.4) is 0 Å². The molecule has 0 atom stereocenters. The van der Waals surface area contributed by atoms with Gasteiger partial charge in [0.25, 0.3) is 0 Å². The van der Waals surface area contributed by atoms with Gasteiger partial charge in [0.05, 0.1) is 12.3 Å². The highest BCUT2D eigenvalue weighted by Gasteiger charge is 2.16. The molecule has 0 bridgehead atoms. The van der Waals surface area contributed by atoms with E-state index in [0.717, 1.165) is 37.1 Å². The zero-order valence-electron chi connectivity index (χ0n) is 16.7. The van der Waals surface area contributed by atoms with Crippen molar-refractivity contribution in [3.05, 3.63) is 65.7 Å². The van der Waals surface area contributed by atoms with Crippen LogP contribution in [0.25, 0.3) is 32.9 Å². The van der Waals surface area contributed by atoms with E-state index >= 15 is 0 Å². The molecule has 28 heavy (non-hydrogen) atoms. The van der Waals surface area contributed by atoms with Crippen molar-refractivity contribution in [2.45, 2.75) is 33.1 Å². The summed E-state index contributed by atoms with van der Waals surface area (Å²) in [6.07, 6.45) is 3.12. The maximum absolute atomic E-state index is 5.76. The maximum atomic E-state index is 5.76. The van der Waals surface area contributed by atoms with Gasteiger partial charge in [-0.25, -0.2) is 0 Å². The summed E-state index contributed by atoms with van der Waals surface area (Å²) in [5.41, 5.74) is 12.1. The molecular weight excluding hydrogens is 344 g/mol. The van der Waals surface area contributed by atoms with E-state index in [1.54, 1.807) is 0 Å². The zero-order chi connectivity index (χ0) is 19.5. The van der Waals surface area contributed by atoms with Crippen LogP contribution in [0.2, 0.25) is 0 Å². The van der Waals surface area contributed by atoms with Gasteiger partial charge < -0.3 is 15.5 Å². The van der Waals surface area contributed by atoms with Crippen LogP contribution in [0.4, 0.5) is 0 Å². The molecule has 0 saturated heterocycles. The van der Waals surface area contributed by atoms with Crippen LogP contribution in [0.15, 0.2) is 54.6 Å². The van der Waals surface area contributed by atoms with Crippen LogP contribution in [0, 0.1) is 6.92 Å². The van der Waals surface area contributed by atoms with Crippen LogP contribution in [0.1, 0.15) is 30.9 Å². The molecule has 4 rings (SSSR count). The maximum Gasteiger partial charge on any atom is 0.120 e. The second kappa shape index (κ2) is 8.07. The molecular formula is C25H28N2O. The molecule has 0 amide bonds. The summed E-state index contributed by atoms with van der Waals surface area (Å²) >= 11 is 0. The number of unbranched alkanes of at least 4 members (excludes halogenated alkanes) is 1. The number of fused-ring (bicyclic) bond motifs is 2. The third-order valence-electron chi connectivity index (χ3n) is 5.48. The van der Waals surface area contributed by atoms with Crippen molar-refractivity contribution < 1.29 is 4.74 Å². The fourth-order valence-electron chi connectivity index (χ4n) is 4.09. The molecule has 3 aromatic carbocycles. The minimum absolute atomic E-state index is 0.674. The molecule has 0 radical (unpaired) electrons. The number of benzene rings is 3. The number of ether oxygens (including phenoxy) is 1. The molecule has 0 aliphatic rings. The van der Waals surface area contributed by atoms with Gasteiger partial charge in [0.2, 0.25) is 0 Å². The highest BCUT2D eigenvalue weighted by Crippen LogP contribution is 2.37. The topological polar surface area (TPSA) is 51.0 Å². The van der Waals surface area contributed by atoms with Crippen molar-refractivity contribution in [3.8, 4) is 17.0 Å². The van der Waals surface area contributed by atoms with Crippen molar-refractivity contribution in [2.24, 2.45) is 5.73 Å². The largest absolute Gasteiger partial charge is 0.494 e. The van der Waals surface area contributed by atoms with Crippen LogP contribution in [-0.2, 0) is 6.42 Å². The summed E-state index contributed by atoms with van der Waals surface area (Å²) in [6, 6.07) is 19.5. The molecule has 3 nitrogen and oxygen atoms in total. The summed E-state index contributed by atoms with van der Waals surface area (Å²) in [5.74, 6) is 0.925. The van der Waals surface area contributed by atoms with Crippen molar-refractivity contribution in [1.82, 2.24) is 4.98 Å². The van der Waals surface area contributed by atoms with Crippen LogP contribution in [-0.4, -0.2) is 18.1 Å². The fourth-order valence-corrected chi connectivity index (χ4v) is 4.09. The lowest BCUT2D eigenvalue weighted by Crippen LogP contribution is -1.99. The third kappa shape index (κ3) is 3.38. The number of H-pyrrole nitrogens is 1. The van der Waals surface area contributed by atoms with E-state index < -0.39 is 0 Å². The number of hydrogen-bond donors (Lipinski definition) is 2. The van der Waals surface area contributed by atoms with Crippen LogP contribution in [0.5, 0.6) is 5.75 Å². The van der Waals surface area contributed by atoms with Gasteiger partial charge in [-0.3, -0.25) is 0 Å². The van der Waals surface area contributed by atoms with Gasteiger partial charge in [-0.05, 0) is 79.8 Å². The van der Waals surface area contributed by atoms with Gasteiger partial charge in [0, 0.05) is 16.5 Å². The Bertz CT molecular complexity index is 1110. The molecule has 0 aliphatic carbocycles. The monoisotopic (exact) mass is 372 g/mol. The Morgan fingerprint density at radius 1 is 0.929 bits per heavy atom. The Kier molecular flexibility index (Phi) is 5.36. The highest BCUT2D eigenvalue weighted by molar-refractivity contribution is 6.02. The Morgan fingerprint density at radius 3 is 2.54 bits per heavy atom. The van der Waals surface area contributed by atoms with E-state index in [2.05, 4.69) is 60.4 Å². The van der Waals surface area contributed by atoms with Gasteiger partial charge in [-0.1, -0.05) is 36.4 Å². The first-order valence-electron chi connectivity index (χ1n) is 10.2. The van der Waals surface area contributed by atoms with Crippen molar-refractivity contribution in [1.29, 1.82) is 0 Å². The van der Waals surface area contributed by atoms with Gasteiger partial charge in [0.1, 0.15) is 5.75 Å². The minimum Gasteiger partial charge on any atom is -0.494 e. The van der Waals surface area contributed by atoms with Crippen LogP contribution < -0.4 is 10.5 Å². The smallest absolute Gasteiger partial charge is 0.120 e. The van der Waals surface area contributed by atoms with Crippen molar-refractivity contribution in [2.75, 3.05) is 13.2 Å². The number of nitrogens with one attached hydrogen (secondary N) is 1. The number of hydrogen-bond acceptors (Lipinski definition) is 2. The SMILES string of the molecule is CCOc1ccc2[nH]c(-c3ccc(C)c4ccccc34)c(CCCCN)c2c1. The van der Waals surface area contributed by atoms with E-state index in [-0.39, 0.29) is 0 Å². The zero-order valence-corrected chi connectivity index (χ0v) is 16.7. The average Bonchev–Trinajstić information content (AvgIpc) is 3.07. The molecule has 0 saturated carbocycles. The average molecular weight is 373 g/mol. The molecule has 1 aromatic heterocycles. The summed E-state index contributed by atoms with van der Waals surface area (Å²) in [5, 5.41) is 3.85. The van der Waals surface area contributed by atoms with Crippen molar-refractivity contribution >= 4 is 21.7 Å². The quantitative estimate of drug-likeness (QED) is 0.392. The lowest BCUT2D eigenvalue weighted by Gasteiger charge is -2.11. The second-order valence-corrected chi connectivity index (χ2v) is 7.34. The Hall–Kier alpha value is -2.78. The molecule has 3 N–H and O–H groups in total. The summed E-state index contributed by atoms with van der Waals surface area (Å²) < 4.78 is 5.76. The number of aromatic nitrogens is 1. The first-order valence-corrected chi connectivity index (χ1v) is 10.2. The standard InChI is InChI=1S/C25H28N2O/c1-3-28-18-12-14-24-23(16-18)21(10-6-7-15-26)25(27-24)22-13-11-17(2)19-8-4-5-9-20(19)22/h4-5,8-9,11-14,16,27H,3,6-7,10,15,26H2,1-2H3. The Labute approximate surface area is 166 Å². The summed E-state index contributed by atoms with van der Waals surface area (Å²) in [4.78, 5) is 3.70. The van der Waals surface area contributed by atoms with Crippen molar-refractivity contribution in [3.63, 3.8) is 0 Å². The predicted octanol–water partition coefficient (Wildman–Crippen LogP) is 5.98. The van der Waals surface area contributed by atoms with Crippen LogP contribution >= 0.6 is 0 Å². The normalized spacial score (nSPS) is 11.4. The number of aryl methyl sites for hydroxylation is 2. The molecule has 0 fully saturated rings. The first-order chi connectivity index (χ1) is 13.7. The number of nitrogens with two attached hydrogens (primary N) is 1. The number of aromatic amines is 1. The lowest BCUT2D eigenvalue weighted by molar-refractivity contribution is 0.340. The van der Waals surface area contributed by atoms with E-state index in [9.17, 15) is 0 Å². The summed E-state index contributed by atoms with van der Waals surface area (Å²) in [7, 11) is 0. The molecule has 4 aromatic rings. The Morgan fingerprint density at radius 2 is 1.75 bits per heavy atom. The predicted molar refractivity (Wildman–Crippen MR) is 119 cm³/mol. The van der Waals surface area contributed by atoms with Gasteiger partial charge in [-0.15, -0.1) is 0 Å². The van der Waals surface area contributed by atoms with E-state index in [1.165, 1.54) is 38.5 Å². The molecule has 0 unspecified atom stereocenters. The highest BCUT2D eigenvalue weighted by atomic mass is 16.5. The number of rotatable bonds is 7. The van der Waals surface area contributed by atoms with Gasteiger partial charge >= 0.3 is 0 Å². The molecule has 1 heterocycles. The molecule has 144 valence electrons. The first kappa shape index (κ1) is 18.6. The second-order valence-electron chi connectivity index (χ2n) is 7.34. The molecule has 0 spiro atoms. The third-order valence-corrected chi connectivity index (χ3v) is 5.48. The Balaban J connectivity index is 1.93. The molecule has 3 heteroatoms. The van der Waals surface area contributed by atoms with E-state index in [0.29, 0.717) is 6.61 Å². The molecule has 0 aliphatic heterocycles. The van der Waals surface area contributed by atoms with E-state index in [4.69, 9.17) is 10.5 Å². The minimum atomic E-state index is 0.674. The lowest BCUT2D eigenvalue weighted by atomic mass is 9.94. The summed E-state index contributed by atoms with van der Waals surface area (Å²) in [6.45, 7) is 5.60. The van der Waals surface area contributed by atoms with Gasteiger partial charge in [0.15, 0.2) is 0 Å². The fraction of sp³-hybridized carbons (Fsp3) is 0.280.